The predicted octanol–water partition coefficient (Wildman–Crippen LogP) is 2.77. The van der Waals surface area contributed by atoms with Crippen molar-refractivity contribution in [2.24, 2.45) is 0 Å². The van der Waals surface area contributed by atoms with Gasteiger partial charge >= 0.3 is 0 Å². The smallest absolute Gasteiger partial charge is 0.244 e. The Bertz CT molecular complexity index is 479. The number of carbonyl (C=O) groups is 1. The molecule has 19 heavy (non-hydrogen) atoms. The van der Waals surface area contributed by atoms with Crippen molar-refractivity contribution in [2.75, 3.05) is 6.61 Å². The van der Waals surface area contributed by atoms with E-state index in [1.165, 1.54) is 6.08 Å². The number of amides is 1. The molecule has 0 aliphatic heterocycles. The fourth-order valence-corrected chi connectivity index (χ4v) is 2.66. The second-order valence-corrected chi connectivity index (χ2v) is 5.46. The molecule has 0 atom stereocenters. The molecule has 2 rings (SSSR count). The molecule has 0 radical (unpaired) electrons. The third-order valence-electron chi connectivity index (χ3n) is 3.53. The Hall–Kier alpha value is -1.32. The van der Waals surface area contributed by atoms with E-state index in [1.54, 1.807) is 18.2 Å². The summed E-state index contributed by atoms with van der Waals surface area (Å²) in [5.74, 6) is -0.170. The van der Waals surface area contributed by atoms with Gasteiger partial charge in [0.1, 0.15) is 0 Å². The molecule has 1 aliphatic rings. The number of carbonyl (C=O) groups excluding carboxylic acids is 1. The second kappa shape index (κ2) is 6.22. The Morgan fingerprint density at radius 1 is 1.42 bits per heavy atom. The van der Waals surface area contributed by atoms with Crippen LogP contribution in [0.1, 0.15) is 31.2 Å². The van der Waals surface area contributed by atoms with Crippen molar-refractivity contribution in [1.29, 1.82) is 0 Å². The maximum Gasteiger partial charge on any atom is 0.244 e. The molecular weight excluding hydrogens is 262 g/mol. The van der Waals surface area contributed by atoms with Gasteiger partial charge < -0.3 is 10.4 Å². The molecule has 102 valence electrons. The highest BCUT2D eigenvalue weighted by atomic mass is 35.5. The van der Waals surface area contributed by atoms with E-state index < -0.39 is 5.54 Å². The number of nitrogens with one attached hydrogen (secondary N) is 1. The molecule has 0 heterocycles. The molecule has 0 saturated heterocycles. The summed E-state index contributed by atoms with van der Waals surface area (Å²) in [4.78, 5) is 11.9. The van der Waals surface area contributed by atoms with Crippen LogP contribution in [0.3, 0.4) is 0 Å². The van der Waals surface area contributed by atoms with Crippen LogP contribution in [0.15, 0.2) is 30.3 Å². The molecule has 1 amide bonds. The normalized spacial score (nSPS) is 17.8. The van der Waals surface area contributed by atoms with E-state index in [0.29, 0.717) is 5.02 Å². The van der Waals surface area contributed by atoms with Gasteiger partial charge in [-0.1, -0.05) is 36.6 Å². The Kier molecular flexibility index (Phi) is 4.61. The van der Waals surface area contributed by atoms with Crippen LogP contribution in [0.5, 0.6) is 0 Å². The van der Waals surface area contributed by atoms with Crippen molar-refractivity contribution in [3.63, 3.8) is 0 Å². The first-order valence-electron chi connectivity index (χ1n) is 6.50. The van der Waals surface area contributed by atoms with Crippen LogP contribution >= 0.6 is 11.6 Å². The van der Waals surface area contributed by atoms with E-state index in [2.05, 4.69) is 5.32 Å². The summed E-state index contributed by atoms with van der Waals surface area (Å²) < 4.78 is 0. The lowest BCUT2D eigenvalue weighted by atomic mass is 9.99. The number of halogens is 1. The highest BCUT2D eigenvalue weighted by molar-refractivity contribution is 6.30. The van der Waals surface area contributed by atoms with Crippen LogP contribution in [0.2, 0.25) is 5.02 Å². The highest BCUT2D eigenvalue weighted by Gasteiger charge is 2.33. The molecule has 2 N–H and O–H groups in total. The summed E-state index contributed by atoms with van der Waals surface area (Å²) in [7, 11) is 0. The molecule has 4 heteroatoms. The molecule has 1 fully saturated rings. The van der Waals surface area contributed by atoms with Crippen molar-refractivity contribution in [3.8, 4) is 0 Å². The average Bonchev–Trinajstić information content (AvgIpc) is 2.86. The predicted molar refractivity (Wildman–Crippen MR) is 76.9 cm³/mol. The molecule has 1 aromatic rings. The molecule has 1 aromatic carbocycles. The Balaban J connectivity index is 1.97. The van der Waals surface area contributed by atoms with Crippen LogP contribution in [0.25, 0.3) is 6.08 Å². The molecule has 3 nitrogen and oxygen atoms in total. The zero-order chi connectivity index (χ0) is 13.7. The summed E-state index contributed by atoms with van der Waals surface area (Å²) in [6, 6.07) is 7.31. The first kappa shape index (κ1) is 14.1. The van der Waals surface area contributed by atoms with E-state index in [4.69, 9.17) is 11.6 Å². The van der Waals surface area contributed by atoms with Crippen LogP contribution < -0.4 is 5.32 Å². The van der Waals surface area contributed by atoms with Gasteiger partial charge in [0.25, 0.3) is 0 Å². The van der Waals surface area contributed by atoms with Crippen molar-refractivity contribution >= 4 is 23.6 Å². The summed E-state index contributed by atoms with van der Waals surface area (Å²) in [5, 5.41) is 13.0. The van der Waals surface area contributed by atoms with Crippen molar-refractivity contribution in [3.05, 3.63) is 40.9 Å². The number of benzene rings is 1. The van der Waals surface area contributed by atoms with Gasteiger partial charge in [-0.3, -0.25) is 4.79 Å². The molecule has 1 aliphatic carbocycles. The van der Waals surface area contributed by atoms with Gasteiger partial charge in [0.05, 0.1) is 12.1 Å². The first-order chi connectivity index (χ1) is 9.13. The Morgan fingerprint density at radius 3 is 2.79 bits per heavy atom. The molecule has 1 saturated carbocycles. The van der Waals surface area contributed by atoms with E-state index in [9.17, 15) is 9.90 Å². The van der Waals surface area contributed by atoms with Crippen molar-refractivity contribution < 1.29 is 9.90 Å². The van der Waals surface area contributed by atoms with Crippen LogP contribution in [-0.2, 0) is 4.79 Å². The standard InChI is InChI=1S/C15H18ClNO2/c16-13-5-3-4-12(10-13)6-7-14(19)17-15(11-18)8-1-2-9-15/h3-7,10,18H,1-2,8-9,11H2,(H,17,19). The maximum absolute atomic E-state index is 11.9. The number of aliphatic hydroxyl groups is 1. The molecule has 0 bridgehead atoms. The lowest BCUT2D eigenvalue weighted by Crippen LogP contribution is -2.48. The van der Waals surface area contributed by atoms with Gasteiger partial charge in [-0.15, -0.1) is 0 Å². The minimum atomic E-state index is -0.421. The van der Waals surface area contributed by atoms with Crippen molar-refractivity contribution in [1.82, 2.24) is 5.32 Å². The summed E-state index contributed by atoms with van der Waals surface area (Å²) in [5.41, 5.74) is 0.461. The number of aliphatic hydroxyl groups excluding tert-OH is 1. The zero-order valence-corrected chi connectivity index (χ0v) is 11.5. The molecule has 0 unspecified atom stereocenters. The van der Waals surface area contributed by atoms with Crippen LogP contribution in [0.4, 0.5) is 0 Å². The van der Waals surface area contributed by atoms with E-state index in [-0.39, 0.29) is 12.5 Å². The number of hydrogen-bond acceptors (Lipinski definition) is 2. The van der Waals surface area contributed by atoms with Crippen molar-refractivity contribution in [2.45, 2.75) is 31.2 Å². The second-order valence-electron chi connectivity index (χ2n) is 5.02. The average molecular weight is 280 g/mol. The minimum absolute atomic E-state index is 0.00372. The minimum Gasteiger partial charge on any atom is -0.394 e. The Morgan fingerprint density at radius 2 is 2.16 bits per heavy atom. The van der Waals surface area contributed by atoms with Crippen LogP contribution in [0, 0.1) is 0 Å². The molecular formula is C15H18ClNO2. The highest BCUT2D eigenvalue weighted by Crippen LogP contribution is 2.29. The monoisotopic (exact) mass is 279 g/mol. The fraction of sp³-hybridized carbons (Fsp3) is 0.400. The van der Waals surface area contributed by atoms with E-state index in [0.717, 1.165) is 31.2 Å². The van der Waals surface area contributed by atoms with Gasteiger partial charge in [0.2, 0.25) is 5.91 Å². The van der Waals surface area contributed by atoms with E-state index in [1.807, 2.05) is 12.1 Å². The van der Waals surface area contributed by atoms with Crippen LogP contribution in [-0.4, -0.2) is 23.2 Å². The number of hydrogen-bond donors (Lipinski definition) is 2. The summed E-state index contributed by atoms with van der Waals surface area (Å²) in [6.45, 7) is 0.00372. The number of rotatable bonds is 4. The lowest BCUT2D eigenvalue weighted by molar-refractivity contribution is -0.118. The first-order valence-corrected chi connectivity index (χ1v) is 6.88. The Labute approximate surface area is 118 Å². The SMILES string of the molecule is O=C(C=Cc1cccc(Cl)c1)NC1(CO)CCCC1. The fourth-order valence-electron chi connectivity index (χ4n) is 2.46. The maximum atomic E-state index is 11.9. The summed E-state index contributed by atoms with van der Waals surface area (Å²) >= 11 is 5.87. The largest absolute Gasteiger partial charge is 0.394 e. The topological polar surface area (TPSA) is 49.3 Å². The van der Waals surface area contributed by atoms with E-state index >= 15 is 0 Å². The quantitative estimate of drug-likeness (QED) is 0.833. The third-order valence-corrected chi connectivity index (χ3v) is 3.76. The zero-order valence-electron chi connectivity index (χ0n) is 10.7. The van der Waals surface area contributed by atoms with Gasteiger partial charge in [0, 0.05) is 11.1 Å². The lowest BCUT2D eigenvalue weighted by Gasteiger charge is -2.27. The summed E-state index contributed by atoms with van der Waals surface area (Å²) in [6.07, 6.45) is 7.01. The molecule has 0 aromatic heterocycles. The van der Waals surface area contributed by atoms with Gasteiger partial charge in [-0.25, -0.2) is 0 Å². The third kappa shape index (κ3) is 3.82. The van der Waals surface area contributed by atoms with Gasteiger partial charge in [-0.05, 0) is 36.6 Å². The molecule has 0 spiro atoms. The van der Waals surface area contributed by atoms with Gasteiger partial charge in [0.15, 0.2) is 0 Å². The van der Waals surface area contributed by atoms with Gasteiger partial charge in [-0.2, -0.15) is 0 Å².